The Morgan fingerprint density at radius 1 is 0.390 bits per heavy atom. The third kappa shape index (κ3) is 5.36. The Hall–Kier alpha value is -7.88. The van der Waals surface area contributed by atoms with Gasteiger partial charge in [0.25, 0.3) is 0 Å². The largest absolute Gasteiger partial charge is 0.455 e. The van der Waals surface area contributed by atoms with Gasteiger partial charge in [-0.2, -0.15) is 0 Å². The van der Waals surface area contributed by atoms with E-state index in [0.717, 1.165) is 82.2 Å². The number of para-hydroxylation sites is 4. The predicted molar refractivity (Wildman–Crippen MR) is 249 cm³/mol. The molecule has 0 unspecified atom stereocenters. The lowest BCUT2D eigenvalue weighted by atomic mass is 9.98. The zero-order valence-electron chi connectivity index (χ0n) is 35.8. The van der Waals surface area contributed by atoms with E-state index in [2.05, 4.69) is 72.8 Å². The summed E-state index contributed by atoms with van der Waals surface area (Å²) in [6.07, 6.45) is 0. The molecule has 12 aromatic rings. The van der Waals surface area contributed by atoms with Gasteiger partial charge in [-0.05, 0) is 93.9 Å². The Morgan fingerprint density at radius 2 is 0.966 bits per heavy atom. The zero-order chi connectivity index (χ0) is 42.3. The van der Waals surface area contributed by atoms with Gasteiger partial charge in [-0.15, -0.1) is 0 Å². The molecule has 0 atom stereocenters. The third-order valence-corrected chi connectivity index (χ3v) is 11.7. The summed E-state index contributed by atoms with van der Waals surface area (Å²) < 4.78 is 47.9. The van der Waals surface area contributed by atoms with E-state index < -0.39 is 0 Å². The van der Waals surface area contributed by atoms with Crippen LogP contribution in [0.4, 0.5) is 17.1 Å². The second kappa shape index (κ2) is 13.4. The highest BCUT2D eigenvalue weighted by molar-refractivity contribution is 6.18. The van der Waals surface area contributed by atoms with Gasteiger partial charge in [0.1, 0.15) is 11.2 Å². The van der Waals surface area contributed by atoms with Crippen LogP contribution in [0, 0.1) is 0 Å². The first-order valence-electron chi connectivity index (χ1n) is 21.9. The van der Waals surface area contributed by atoms with Crippen LogP contribution < -0.4 is 4.90 Å². The van der Waals surface area contributed by atoms with Crippen molar-refractivity contribution in [2.75, 3.05) is 4.90 Å². The van der Waals surface area contributed by atoms with Crippen molar-refractivity contribution < 1.29 is 9.90 Å². The molecule has 0 aliphatic rings. The molecule has 0 fully saturated rings. The lowest BCUT2D eigenvalue weighted by molar-refractivity contribution is 0.674. The van der Waals surface area contributed by atoms with Crippen molar-refractivity contribution in [3.05, 3.63) is 218 Å². The summed E-state index contributed by atoms with van der Waals surface area (Å²) >= 11 is 0. The smallest absolute Gasteiger partial charge is 0.143 e. The van der Waals surface area contributed by atoms with E-state index in [0.29, 0.717) is 11.4 Å². The molecule has 12 rings (SSSR count). The average Bonchev–Trinajstić information content (AvgIpc) is 3.89. The number of anilines is 3. The van der Waals surface area contributed by atoms with E-state index >= 15 is 0 Å². The molecule has 0 N–H and O–H groups in total. The summed E-state index contributed by atoms with van der Waals surface area (Å²) in [4.78, 5) is 1.88. The van der Waals surface area contributed by atoms with Gasteiger partial charge in [0.15, 0.2) is 0 Å². The maximum atomic E-state index is 9.87. The molecular formula is C56H36N2O. The van der Waals surface area contributed by atoms with Gasteiger partial charge >= 0.3 is 0 Å². The molecule has 2 aromatic heterocycles. The van der Waals surface area contributed by atoms with E-state index in [1.54, 1.807) is 0 Å². The molecule has 2 heterocycles. The minimum Gasteiger partial charge on any atom is -0.455 e. The SMILES string of the molecule is [2H]c1c([2H])c(-n2c3ccccc3c3ccccc32)c([2H])c([2H])c1N(c1ccc(-c2ccc3ccccc3c2)cc1)c1ccccc1-c1cccc2c1oc1c3ccccc3ccc21. The Bertz CT molecular complexity index is 3730. The lowest BCUT2D eigenvalue weighted by Crippen LogP contribution is -2.11. The summed E-state index contributed by atoms with van der Waals surface area (Å²) in [5, 5.41) is 8.39. The van der Waals surface area contributed by atoms with E-state index in [4.69, 9.17) is 4.42 Å². The molecule has 0 aliphatic heterocycles. The summed E-state index contributed by atoms with van der Waals surface area (Å²) in [5.74, 6) is 0. The van der Waals surface area contributed by atoms with Crippen molar-refractivity contribution in [3.63, 3.8) is 0 Å². The summed E-state index contributed by atoms with van der Waals surface area (Å²) in [7, 11) is 0. The first-order chi connectivity index (χ1) is 30.9. The number of furan rings is 1. The molecule has 276 valence electrons. The normalized spacial score (nSPS) is 12.7. The molecular weight excluding hydrogens is 717 g/mol. The van der Waals surface area contributed by atoms with E-state index in [9.17, 15) is 5.48 Å². The van der Waals surface area contributed by atoms with Crippen molar-refractivity contribution in [2.24, 2.45) is 0 Å². The molecule has 0 saturated carbocycles. The second-order valence-electron chi connectivity index (χ2n) is 15.0. The van der Waals surface area contributed by atoms with Gasteiger partial charge in [0.05, 0.1) is 22.2 Å². The molecule has 0 bridgehead atoms. The minimum atomic E-state index is -0.158. The molecule has 0 spiro atoms. The molecule has 0 amide bonds. The standard InChI is InChI=1S/C56H36N2O/c1-2-14-40-36-41(25-24-37(40)12-1)38-26-29-42(30-27-38)57(43-31-33-44(34-32-43)58-53-22-9-5-16-46(53)47-17-6-10-23-54(47)58)52-21-8-7-18-48(52)49-19-11-20-50-51-35-28-39-13-3-4-15-45(39)55(51)59-56(49)50/h1-36H/i31D,32D,33D,34D. The number of nitrogens with zero attached hydrogens (tertiary/aromatic N) is 2. The molecule has 59 heavy (non-hydrogen) atoms. The highest BCUT2D eigenvalue weighted by Gasteiger charge is 2.21. The summed E-state index contributed by atoms with van der Waals surface area (Å²) in [6.45, 7) is 0. The quantitative estimate of drug-likeness (QED) is 0.168. The maximum Gasteiger partial charge on any atom is 0.143 e. The van der Waals surface area contributed by atoms with Crippen molar-refractivity contribution in [2.45, 2.75) is 0 Å². The average molecular weight is 757 g/mol. The van der Waals surface area contributed by atoms with Crippen molar-refractivity contribution >= 4 is 82.4 Å². The van der Waals surface area contributed by atoms with Crippen molar-refractivity contribution in [3.8, 4) is 27.9 Å². The highest BCUT2D eigenvalue weighted by Crippen LogP contribution is 2.45. The highest BCUT2D eigenvalue weighted by atomic mass is 16.3. The lowest BCUT2D eigenvalue weighted by Gasteiger charge is -2.28. The van der Waals surface area contributed by atoms with Gasteiger partial charge in [-0.1, -0.05) is 152 Å². The summed E-state index contributed by atoms with van der Waals surface area (Å²) in [5.41, 5.74) is 8.60. The van der Waals surface area contributed by atoms with E-state index in [1.807, 2.05) is 131 Å². The molecule has 0 saturated heterocycles. The van der Waals surface area contributed by atoms with Gasteiger partial charge in [0.2, 0.25) is 0 Å². The molecule has 3 heteroatoms. The predicted octanol–water partition coefficient (Wildman–Crippen LogP) is 15.8. The Morgan fingerprint density at radius 3 is 1.75 bits per heavy atom. The number of hydrogen-bond donors (Lipinski definition) is 0. The Labute approximate surface area is 346 Å². The molecule has 0 radical (unpaired) electrons. The maximum absolute atomic E-state index is 9.87. The van der Waals surface area contributed by atoms with Crippen LogP contribution in [0.25, 0.3) is 93.2 Å². The fraction of sp³-hybridized carbons (Fsp3) is 0. The van der Waals surface area contributed by atoms with Gasteiger partial charge in [0, 0.05) is 55.1 Å². The Balaban J connectivity index is 1.10. The van der Waals surface area contributed by atoms with Crippen LogP contribution in [0.5, 0.6) is 0 Å². The minimum absolute atomic E-state index is 0.140. The topological polar surface area (TPSA) is 21.3 Å². The molecule has 0 aliphatic carbocycles. The summed E-state index contributed by atoms with van der Waals surface area (Å²) in [6, 6.07) is 64.7. The van der Waals surface area contributed by atoms with Crippen molar-refractivity contribution in [1.29, 1.82) is 0 Å². The molecule has 10 aromatic carbocycles. The van der Waals surface area contributed by atoms with Crippen LogP contribution in [-0.2, 0) is 0 Å². The second-order valence-corrected chi connectivity index (χ2v) is 15.0. The third-order valence-electron chi connectivity index (χ3n) is 11.7. The number of benzene rings is 10. The molecule has 3 nitrogen and oxygen atoms in total. The number of aromatic nitrogens is 1. The zero-order valence-corrected chi connectivity index (χ0v) is 31.8. The van der Waals surface area contributed by atoms with E-state index in [1.165, 1.54) is 5.39 Å². The van der Waals surface area contributed by atoms with Crippen LogP contribution in [-0.4, -0.2) is 4.57 Å². The van der Waals surface area contributed by atoms with Crippen LogP contribution in [0.2, 0.25) is 0 Å². The van der Waals surface area contributed by atoms with Crippen molar-refractivity contribution in [1.82, 2.24) is 4.57 Å². The van der Waals surface area contributed by atoms with Gasteiger partial charge in [-0.25, -0.2) is 0 Å². The fourth-order valence-electron chi connectivity index (χ4n) is 8.88. The number of hydrogen-bond acceptors (Lipinski definition) is 2. The monoisotopic (exact) mass is 756 g/mol. The van der Waals surface area contributed by atoms with Crippen LogP contribution in [0.3, 0.4) is 0 Å². The van der Waals surface area contributed by atoms with Crippen LogP contribution in [0.1, 0.15) is 5.48 Å². The van der Waals surface area contributed by atoms with E-state index in [-0.39, 0.29) is 35.5 Å². The van der Waals surface area contributed by atoms with Gasteiger partial charge < -0.3 is 13.9 Å². The fourth-order valence-corrected chi connectivity index (χ4v) is 8.88. The van der Waals surface area contributed by atoms with Gasteiger partial charge in [-0.3, -0.25) is 0 Å². The number of rotatable bonds is 6. The Kier molecular flexibility index (Phi) is 6.65. The van der Waals surface area contributed by atoms with Crippen LogP contribution >= 0.6 is 0 Å². The first kappa shape index (κ1) is 29.4. The first-order valence-corrected chi connectivity index (χ1v) is 19.9. The number of fused-ring (bicyclic) bond motifs is 9. The van der Waals surface area contributed by atoms with Crippen LogP contribution in [0.15, 0.2) is 223 Å².